The summed E-state index contributed by atoms with van der Waals surface area (Å²) in [5.41, 5.74) is -0.908. The van der Waals surface area contributed by atoms with Crippen molar-refractivity contribution < 1.29 is 8.42 Å². The number of hydrogen-bond donors (Lipinski definition) is 2. The molecular weight excluding hydrogens is 294 g/mol. The Bertz CT molecular complexity index is 867. The standard InChI is InChI=1S/C13H17N3O4S/c1-3-4-7-16(2)21(19,20)9-5-6-10-11(8-9)15-13(18)12(17)14-10/h5-6,8H,3-4,7H2,1-2H3,(H,14,17)(H,15,18). The zero-order valence-corrected chi connectivity index (χ0v) is 12.7. The van der Waals surface area contributed by atoms with Crippen LogP contribution in [0.4, 0.5) is 0 Å². The molecule has 0 radical (unpaired) electrons. The van der Waals surface area contributed by atoms with E-state index in [1.807, 2.05) is 6.92 Å². The van der Waals surface area contributed by atoms with Crippen molar-refractivity contribution in [2.75, 3.05) is 13.6 Å². The Kier molecular flexibility index (Phi) is 4.29. The highest BCUT2D eigenvalue weighted by Gasteiger charge is 2.20. The molecule has 0 spiro atoms. The van der Waals surface area contributed by atoms with E-state index in [0.717, 1.165) is 12.8 Å². The number of sulfonamides is 1. The molecule has 0 amide bonds. The Balaban J connectivity index is 2.49. The molecule has 2 aromatic rings. The molecule has 0 atom stereocenters. The smallest absolute Gasteiger partial charge is 0.314 e. The lowest BCUT2D eigenvalue weighted by molar-refractivity contribution is 0.459. The second kappa shape index (κ2) is 5.82. The molecule has 8 heteroatoms. The molecule has 0 fully saturated rings. The van der Waals surface area contributed by atoms with Gasteiger partial charge in [0.1, 0.15) is 0 Å². The van der Waals surface area contributed by atoms with Gasteiger partial charge >= 0.3 is 11.1 Å². The van der Waals surface area contributed by atoms with Gasteiger partial charge in [-0.3, -0.25) is 9.59 Å². The number of unbranched alkanes of at least 4 members (excludes halogenated alkanes) is 1. The van der Waals surface area contributed by atoms with Gasteiger partial charge in [-0.05, 0) is 24.6 Å². The van der Waals surface area contributed by atoms with Gasteiger partial charge in [0, 0.05) is 13.6 Å². The summed E-state index contributed by atoms with van der Waals surface area (Å²) in [6.45, 7) is 2.41. The lowest BCUT2D eigenvalue weighted by atomic mass is 10.3. The number of rotatable bonds is 5. The van der Waals surface area contributed by atoms with Gasteiger partial charge < -0.3 is 9.97 Å². The number of H-pyrrole nitrogens is 2. The summed E-state index contributed by atoms with van der Waals surface area (Å²) in [6.07, 6.45) is 1.67. The van der Waals surface area contributed by atoms with Crippen molar-refractivity contribution >= 4 is 21.1 Å². The lowest BCUT2D eigenvalue weighted by Gasteiger charge is -2.16. The van der Waals surface area contributed by atoms with Gasteiger partial charge in [-0.25, -0.2) is 12.7 Å². The normalized spacial score (nSPS) is 12.1. The van der Waals surface area contributed by atoms with Crippen LogP contribution in [-0.4, -0.2) is 36.3 Å². The van der Waals surface area contributed by atoms with E-state index in [1.54, 1.807) is 0 Å². The van der Waals surface area contributed by atoms with Crippen molar-refractivity contribution in [2.45, 2.75) is 24.7 Å². The summed E-state index contributed by atoms with van der Waals surface area (Å²) in [6, 6.07) is 4.23. The predicted octanol–water partition coefficient (Wildman–Crippen LogP) is 0.637. The molecule has 0 bridgehead atoms. The van der Waals surface area contributed by atoms with Gasteiger partial charge in [-0.1, -0.05) is 13.3 Å². The Morgan fingerprint density at radius 2 is 1.71 bits per heavy atom. The number of benzene rings is 1. The van der Waals surface area contributed by atoms with Crippen molar-refractivity contribution in [1.29, 1.82) is 0 Å². The first kappa shape index (κ1) is 15.5. The predicted molar refractivity (Wildman–Crippen MR) is 79.9 cm³/mol. The van der Waals surface area contributed by atoms with Crippen LogP contribution in [0.1, 0.15) is 19.8 Å². The molecule has 114 valence electrons. The number of aromatic nitrogens is 2. The second-order valence-corrected chi connectivity index (χ2v) is 6.84. The van der Waals surface area contributed by atoms with Crippen LogP contribution in [0.25, 0.3) is 11.0 Å². The van der Waals surface area contributed by atoms with Gasteiger partial charge in [0.05, 0.1) is 15.9 Å². The molecule has 1 aromatic carbocycles. The molecule has 0 unspecified atom stereocenters. The van der Waals surface area contributed by atoms with Gasteiger partial charge in [0.25, 0.3) is 0 Å². The van der Waals surface area contributed by atoms with Crippen molar-refractivity contribution in [2.24, 2.45) is 0 Å². The topological polar surface area (TPSA) is 103 Å². The van der Waals surface area contributed by atoms with E-state index in [2.05, 4.69) is 9.97 Å². The number of nitrogens with one attached hydrogen (secondary N) is 2. The number of hydrogen-bond acceptors (Lipinski definition) is 4. The SMILES string of the molecule is CCCCN(C)S(=O)(=O)c1ccc2[nH]c(=O)c(=O)[nH]c2c1. The largest absolute Gasteiger partial charge is 0.316 e. The van der Waals surface area contributed by atoms with Crippen LogP contribution in [0.5, 0.6) is 0 Å². The van der Waals surface area contributed by atoms with Gasteiger partial charge in [-0.15, -0.1) is 0 Å². The third-order valence-corrected chi connectivity index (χ3v) is 5.08. The Labute approximate surface area is 121 Å². The van der Waals surface area contributed by atoms with Crippen LogP contribution in [-0.2, 0) is 10.0 Å². The van der Waals surface area contributed by atoms with Crippen LogP contribution in [0.2, 0.25) is 0 Å². The molecule has 21 heavy (non-hydrogen) atoms. The minimum absolute atomic E-state index is 0.0799. The van der Waals surface area contributed by atoms with Crippen molar-refractivity contribution in [1.82, 2.24) is 14.3 Å². The van der Waals surface area contributed by atoms with Crippen molar-refractivity contribution in [3.63, 3.8) is 0 Å². The molecule has 1 aromatic heterocycles. The fraction of sp³-hybridized carbons (Fsp3) is 0.385. The molecule has 2 rings (SSSR count). The molecule has 2 N–H and O–H groups in total. The molecule has 0 aliphatic heterocycles. The van der Waals surface area contributed by atoms with Crippen LogP contribution < -0.4 is 11.1 Å². The second-order valence-electron chi connectivity index (χ2n) is 4.80. The summed E-state index contributed by atoms with van der Waals surface area (Å²) in [4.78, 5) is 27.4. The van der Waals surface area contributed by atoms with Crippen molar-refractivity contribution in [3.05, 3.63) is 38.9 Å². The fourth-order valence-electron chi connectivity index (χ4n) is 1.94. The van der Waals surface area contributed by atoms with E-state index in [9.17, 15) is 18.0 Å². The van der Waals surface area contributed by atoms with Gasteiger partial charge in [0.2, 0.25) is 10.0 Å². The summed E-state index contributed by atoms with van der Waals surface area (Å²) in [5.74, 6) is 0. The zero-order valence-electron chi connectivity index (χ0n) is 11.8. The van der Waals surface area contributed by atoms with Crippen molar-refractivity contribution in [3.8, 4) is 0 Å². The highest BCUT2D eigenvalue weighted by Crippen LogP contribution is 2.18. The third-order valence-electron chi connectivity index (χ3n) is 3.23. The van der Waals surface area contributed by atoms with E-state index in [0.29, 0.717) is 12.1 Å². The first-order valence-electron chi connectivity index (χ1n) is 6.59. The van der Waals surface area contributed by atoms with Crippen LogP contribution in [0.15, 0.2) is 32.7 Å². The van der Waals surface area contributed by atoms with E-state index >= 15 is 0 Å². The van der Waals surface area contributed by atoms with E-state index in [4.69, 9.17) is 0 Å². The fourth-order valence-corrected chi connectivity index (χ4v) is 3.17. The molecule has 7 nitrogen and oxygen atoms in total. The van der Waals surface area contributed by atoms with Crippen LogP contribution in [0.3, 0.4) is 0 Å². The Morgan fingerprint density at radius 1 is 1.10 bits per heavy atom. The highest BCUT2D eigenvalue weighted by molar-refractivity contribution is 7.89. The summed E-state index contributed by atoms with van der Waals surface area (Å²) in [5, 5.41) is 0. The summed E-state index contributed by atoms with van der Waals surface area (Å²) in [7, 11) is -2.09. The van der Waals surface area contributed by atoms with Crippen LogP contribution >= 0.6 is 0 Å². The molecule has 0 saturated heterocycles. The van der Waals surface area contributed by atoms with E-state index < -0.39 is 21.1 Å². The first-order valence-corrected chi connectivity index (χ1v) is 8.03. The summed E-state index contributed by atoms with van der Waals surface area (Å²) < 4.78 is 26.1. The molecule has 0 aliphatic carbocycles. The monoisotopic (exact) mass is 311 g/mol. The van der Waals surface area contributed by atoms with Gasteiger partial charge in [0.15, 0.2) is 0 Å². The average Bonchev–Trinajstić information content (AvgIpc) is 2.45. The molecule has 1 heterocycles. The van der Waals surface area contributed by atoms with Gasteiger partial charge in [-0.2, -0.15) is 0 Å². The number of nitrogens with zero attached hydrogens (tertiary/aromatic N) is 1. The maximum Gasteiger partial charge on any atom is 0.314 e. The van der Waals surface area contributed by atoms with Crippen LogP contribution in [0, 0.1) is 0 Å². The maximum atomic E-state index is 12.4. The highest BCUT2D eigenvalue weighted by atomic mass is 32.2. The minimum Gasteiger partial charge on any atom is -0.316 e. The van der Waals surface area contributed by atoms with E-state index in [-0.39, 0.29) is 10.4 Å². The Hall–Kier alpha value is -1.93. The maximum absolute atomic E-state index is 12.4. The third kappa shape index (κ3) is 3.06. The molecule has 0 aliphatic rings. The molecule has 0 saturated carbocycles. The quantitative estimate of drug-likeness (QED) is 0.791. The Morgan fingerprint density at radius 3 is 2.33 bits per heavy atom. The lowest BCUT2D eigenvalue weighted by Crippen LogP contribution is -2.30. The number of fused-ring (bicyclic) bond motifs is 1. The first-order chi connectivity index (χ1) is 9.86. The minimum atomic E-state index is -3.61. The summed E-state index contributed by atoms with van der Waals surface area (Å²) >= 11 is 0. The van der Waals surface area contributed by atoms with E-state index in [1.165, 1.54) is 29.6 Å². The number of aromatic amines is 2. The average molecular weight is 311 g/mol. The molecular formula is C13H17N3O4S. The zero-order chi connectivity index (χ0) is 15.6.